The van der Waals surface area contributed by atoms with Crippen molar-refractivity contribution < 1.29 is 19.4 Å². The van der Waals surface area contributed by atoms with Crippen LogP contribution in [0.2, 0.25) is 0 Å². The predicted octanol–water partition coefficient (Wildman–Crippen LogP) is 4.30. The Morgan fingerprint density at radius 3 is 2.47 bits per heavy atom. The van der Waals surface area contributed by atoms with Crippen molar-refractivity contribution in [3.8, 4) is 17.0 Å². The third kappa shape index (κ3) is 4.76. The van der Waals surface area contributed by atoms with Crippen molar-refractivity contribution in [1.82, 2.24) is 9.88 Å². The molecule has 1 amide bonds. The van der Waals surface area contributed by atoms with Crippen LogP contribution in [0.1, 0.15) is 25.3 Å². The fourth-order valence-electron chi connectivity index (χ4n) is 3.67. The van der Waals surface area contributed by atoms with Crippen LogP contribution in [0.25, 0.3) is 22.2 Å². The number of methoxy groups -OCH3 is 1. The molecule has 2 aromatic carbocycles. The third-order valence-electron chi connectivity index (χ3n) is 5.24. The standard InChI is InChI=1S/C17H15NO.C7H11NO3/c1-12-10-16(13-6-4-3-5-7-13)18-17-11-14(19-2)8-9-15(12)17;1-5(9)8-4-2-3-6(8)7(10)11/h3-11H,1-2H3;6H,2-4H2,1H3,(H,10,11)/t;6-/m.0/s1. The van der Waals surface area contributed by atoms with Crippen LogP contribution in [-0.2, 0) is 9.59 Å². The highest BCUT2D eigenvalue weighted by atomic mass is 16.5. The second-order valence-electron chi connectivity index (χ2n) is 7.28. The number of pyridine rings is 1. The molecule has 2 heterocycles. The third-order valence-corrected chi connectivity index (χ3v) is 5.24. The number of carboxylic acid groups (broad SMARTS) is 1. The fraction of sp³-hybridized carbons (Fsp3) is 0.292. The van der Waals surface area contributed by atoms with Gasteiger partial charge < -0.3 is 14.7 Å². The summed E-state index contributed by atoms with van der Waals surface area (Å²) in [5.74, 6) is -0.197. The maximum atomic E-state index is 10.8. The largest absolute Gasteiger partial charge is 0.497 e. The molecule has 0 spiro atoms. The Hall–Kier alpha value is -3.41. The van der Waals surface area contributed by atoms with Crippen molar-refractivity contribution in [2.45, 2.75) is 32.7 Å². The summed E-state index contributed by atoms with van der Waals surface area (Å²) < 4.78 is 5.27. The molecule has 6 heteroatoms. The molecule has 0 radical (unpaired) electrons. The number of amides is 1. The summed E-state index contributed by atoms with van der Waals surface area (Å²) in [6.45, 7) is 4.11. The first-order chi connectivity index (χ1) is 14.4. The number of aliphatic carboxylic acids is 1. The Bertz CT molecular complexity index is 1030. The molecule has 0 unspecified atom stereocenters. The maximum absolute atomic E-state index is 10.8. The molecule has 4 rings (SSSR count). The summed E-state index contributed by atoms with van der Waals surface area (Å²) in [6.07, 6.45) is 1.39. The van der Waals surface area contributed by atoms with E-state index >= 15 is 0 Å². The normalized spacial score (nSPS) is 15.4. The van der Waals surface area contributed by atoms with Gasteiger partial charge in [0.05, 0.1) is 18.3 Å². The van der Waals surface area contributed by atoms with Gasteiger partial charge in [-0.05, 0) is 43.5 Å². The Morgan fingerprint density at radius 1 is 1.13 bits per heavy atom. The van der Waals surface area contributed by atoms with E-state index in [0.29, 0.717) is 13.0 Å². The number of aryl methyl sites for hydroxylation is 1. The van der Waals surface area contributed by atoms with Crippen molar-refractivity contribution in [2.75, 3.05) is 13.7 Å². The van der Waals surface area contributed by atoms with Crippen molar-refractivity contribution >= 4 is 22.8 Å². The number of aromatic nitrogens is 1. The maximum Gasteiger partial charge on any atom is 0.326 e. The van der Waals surface area contributed by atoms with Crippen LogP contribution in [0, 0.1) is 6.92 Å². The Morgan fingerprint density at radius 2 is 1.87 bits per heavy atom. The molecule has 0 saturated carbocycles. The van der Waals surface area contributed by atoms with E-state index < -0.39 is 12.0 Å². The van der Waals surface area contributed by atoms with E-state index in [0.717, 1.165) is 28.9 Å². The van der Waals surface area contributed by atoms with Gasteiger partial charge in [0.25, 0.3) is 0 Å². The number of fused-ring (bicyclic) bond motifs is 1. The number of carbonyl (C=O) groups excluding carboxylic acids is 1. The second-order valence-corrected chi connectivity index (χ2v) is 7.28. The van der Waals surface area contributed by atoms with E-state index in [-0.39, 0.29) is 5.91 Å². The minimum Gasteiger partial charge on any atom is -0.497 e. The van der Waals surface area contributed by atoms with E-state index in [1.807, 2.05) is 30.3 Å². The van der Waals surface area contributed by atoms with Crippen LogP contribution in [0.15, 0.2) is 54.6 Å². The van der Waals surface area contributed by atoms with Gasteiger partial charge in [0, 0.05) is 30.5 Å². The minimum atomic E-state index is -0.891. The first-order valence-corrected chi connectivity index (χ1v) is 9.91. The van der Waals surface area contributed by atoms with Crippen molar-refractivity contribution in [3.63, 3.8) is 0 Å². The molecule has 6 nitrogen and oxygen atoms in total. The second kappa shape index (κ2) is 9.39. The number of rotatable bonds is 3. The average Bonchev–Trinajstić information content (AvgIpc) is 3.25. The smallest absolute Gasteiger partial charge is 0.326 e. The van der Waals surface area contributed by atoms with Gasteiger partial charge in [-0.3, -0.25) is 4.79 Å². The van der Waals surface area contributed by atoms with Crippen LogP contribution in [0.3, 0.4) is 0 Å². The van der Waals surface area contributed by atoms with Gasteiger partial charge in [-0.15, -0.1) is 0 Å². The zero-order valence-corrected chi connectivity index (χ0v) is 17.5. The first-order valence-electron chi connectivity index (χ1n) is 9.91. The summed E-state index contributed by atoms with van der Waals surface area (Å²) in [5, 5.41) is 9.81. The summed E-state index contributed by atoms with van der Waals surface area (Å²) in [5.41, 5.74) is 4.33. The fourth-order valence-corrected chi connectivity index (χ4v) is 3.67. The van der Waals surface area contributed by atoms with Crippen molar-refractivity contribution in [2.24, 2.45) is 0 Å². The molecule has 1 atom stereocenters. The van der Waals surface area contributed by atoms with Crippen LogP contribution >= 0.6 is 0 Å². The van der Waals surface area contributed by atoms with Gasteiger partial charge in [0.2, 0.25) is 5.91 Å². The number of carboxylic acids is 1. The lowest BCUT2D eigenvalue weighted by Gasteiger charge is -2.18. The van der Waals surface area contributed by atoms with E-state index in [4.69, 9.17) is 14.8 Å². The summed E-state index contributed by atoms with van der Waals surface area (Å²) in [7, 11) is 1.68. The highest BCUT2D eigenvalue weighted by Gasteiger charge is 2.31. The van der Waals surface area contributed by atoms with Crippen LogP contribution < -0.4 is 4.74 Å². The number of benzene rings is 2. The zero-order chi connectivity index (χ0) is 21.7. The van der Waals surface area contributed by atoms with Gasteiger partial charge in [-0.1, -0.05) is 30.3 Å². The van der Waals surface area contributed by atoms with Gasteiger partial charge in [-0.2, -0.15) is 0 Å². The molecule has 1 fully saturated rings. The average molecular weight is 406 g/mol. The number of ether oxygens (including phenoxy) is 1. The van der Waals surface area contributed by atoms with Crippen LogP contribution in [0.4, 0.5) is 0 Å². The monoisotopic (exact) mass is 406 g/mol. The predicted molar refractivity (Wildman–Crippen MR) is 117 cm³/mol. The van der Waals surface area contributed by atoms with E-state index in [1.165, 1.54) is 22.8 Å². The SMILES string of the molecule is CC(=O)N1CCC[C@H]1C(=O)O.COc1ccc2c(C)cc(-c3ccccc3)nc2c1. The molecule has 1 aliphatic heterocycles. The lowest BCUT2D eigenvalue weighted by molar-refractivity contribution is -0.147. The topological polar surface area (TPSA) is 79.7 Å². The number of hydrogen-bond acceptors (Lipinski definition) is 4. The number of nitrogens with zero attached hydrogens (tertiary/aromatic N) is 2. The van der Waals surface area contributed by atoms with Crippen LogP contribution in [0.5, 0.6) is 5.75 Å². The van der Waals surface area contributed by atoms with E-state index in [9.17, 15) is 9.59 Å². The van der Waals surface area contributed by atoms with Gasteiger partial charge >= 0.3 is 5.97 Å². The summed E-state index contributed by atoms with van der Waals surface area (Å²) >= 11 is 0. The Labute approximate surface area is 176 Å². The number of likely N-dealkylation sites (tertiary alicyclic amines) is 1. The lowest BCUT2D eigenvalue weighted by atomic mass is 10.1. The van der Waals surface area contributed by atoms with E-state index in [2.05, 4.69) is 31.2 Å². The van der Waals surface area contributed by atoms with Gasteiger partial charge in [0.15, 0.2) is 0 Å². The molecule has 3 aromatic rings. The molecule has 1 saturated heterocycles. The number of carbonyl (C=O) groups is 2. The molecule has 0 bridgehead atoms. The molecule has 1 aromatic heterocycles. The zero-order valence-electron chi connectivity index (χ0n) is 17.5. The molecule has 1 aliphatic rings. The van der Waals surface area contributed by atoms with Gasteiger partial charge in [0.1, 0.15) is 11.8 Å². The van der Waals surface area contributed by atoms with Crippen molar-refractivity contribution in [1.29, 1.82) is 0 Å². The molecule has 0 aliphatic carbocycles. The molecular formula is C24H26N2O4. The number of hydrogen-bond donors (Lipinski definition) is 1. The highest BCUT2D eigenvalue weighted by molar-refractivity contribution is 5.86. The summed E-state index contributed by atoms with van der Waals surface area (Å²) in [4.78, 5) is 27.5. The Kier molecular flexibility index (Phi) is 6.67. The Balaban J connectivity index is 0.000000199. The van der Waals surface area contributed by atoms with E-state index in [1.54, 1.807) is 7.11 Å². The van der Waals surface area contributed by atoms with Gasteiger partial charge in [-0.25, -0.2) is 9.78 Å². The minimum absolute atomic E-state index is 0.144. The molecular weight excluding hydrogens is 380 g/mol. The quantitative estimate of drug-likeness (QED) is 0.701. The van der Waals surface area contributed by atoms with Crippen molar-refractivity contribution in [3.05, 3.63) is 60.2 Å². The van der Waals surface area contributed by atoms with Crippen LogP contribution in [-0.4, -0.2) is 46.6 Å². The highest BCUT2D eigenvalue weighted by Crippen LogP contribution is 2.26. The molecule has 1 N–H and O–H groups in total. The molecule has 156 valence electrons. The molecule has 30 heavy (non-hydrogen) atoms. The lowest BCUT2D eigenvalue weighted by Crippen LogP contribution is -2.38. The first kappa shape index (κ1) is 21.3. The summed E-state index contributed by atoms with van der Waals surface area (Å²) in [6, 6.07) is 17.8.